The molecule has 0 radical (unpaired) electrons. The van der Waals surface area contributed by atoms with E-state index in [-0.39, 0.29) is 0 Å². The van der Waals surface area contributed by atoms with Crippen LogP contribution in [-0.4, -0.2) is 20.3 Å². The molecular weight excluding hydrogens is 305 g/mol. The molecule has 74 valence electrons. The van der Waals surface area contributed by atoms with Gasteiger partial charge in [-0.05, 0) is 0 Å². The summed E-state index contributed by atoms with van der Waals surface area (Å²) in [5.74, 6) is 0. The first-order valence-electron chi connectivity index (χ1n) is 2.86. The number of hydrogen-bond donors (Lipinski definition) is 2. The summed E-state index contributed by atoms with van der Waals surface area (Å²) in [4.78, 5) is 0. The van der Waals surface area contributed by atoms with Crippen molar-refractivity contribution in [2.75, 3.05) is 20.3 Å². The summed E-state index contributed by atoms with van der Waals surface area (Å²) in [7, 11) is 11.2. The molecule has 0 aliphatic carbocycles. The lowest BCUT2D eigenvalue weighted by atomic mass is 11.9. The molecule has 0 bridgehead atoms. The van der Waals surface area contributed by atoms with Gasteiger partial charge in [0, 0.05) is 10.2 Å². The van der Waals surface area contributed by atoms with Gasteiger partial charge in [-0.15, -0.1) is 0 Å². The molecular formula is C4H10S8. The third-order valence-electron chi connectivity index (χ3n) is 0.548. The number of thiol groups is 2. The molecule has 0 rings (SSSR count). The Bertz CT molecular complexity index is 67.5. The molecule has 0 spiro atoms. The van der Waals surface area contributed by atoms with Crippen LogP contribution in [0.15, 0.2) is 0 Å². The van der Waals surface area contributed by atoms with Gasteiger partial charge in [-0.3, -0.25) is 0 Å². The van der Waals surface area contributed by atoms with E-state index in [1.165, 1.54) is 0 Å². The second-order valence-electron chi connectivity index (χ2n) is 1.20. The van der Waals surface area contributed by atoms with Crippen LogP contribution in [-0.2, 0) is 0 Å². The highest BCUT2D eigenvalue weighted by Crippen LogP contribution is 2.36. The van der Waals surface area contributed by atoms with Gasteiger partial charge in [0.15, 0.2) is 0 Å². The highest BCUT2D eigenvalue weighted by Gasteiger charge is 1.91. The van der Waals surface area contributed by atoms with Crippen molar-refractivity contribution in [3.63, 3.8) is 0 Å². The SMILES string of the molecule is SCSSCSSCSSCS. The van der Waals surface area contributed by atoms with Gasteiger partial charge in [0.05, 0.1) is 10.2 Å². The van der Waals surface area contributed by atoms with Crippen LogP contribution in [0.4, 0.5) is 0 Å². The first-order chi connectivity index (χ1) is 5.91. The topological polar surface area (TPSA) is 0 Å². The van der Waals surface area contributed by atoms with E-state index in [4.69, 9.17) is 0 Å². The largest absolute Gasteiger partial charge is 0.167 e. The minimum absolute atomic E-state index is 0.903. The van der Waals surface area contributed by atoms with Crippen molar-refractivity contribution in [3.8, 4) is 0 Å². The Morgan fingerprint density at radius 1 is 0.583 bits per heavy atom. The van der Waals surface area contributed by atoms with Crippen molar-refractivity contribution in [1.82, 2.24) is 0 Å². The molecule has 0 aromatic carbocycles. The fraction of sp³-hybridized carbons (Fsp3) is 1.00. The zero-order valence-electron chi connectivity index (χ0n) is 6.17. The highest BCUT2D eigenvalue weighted by atomic mass is 33.2. The molecule has 0 atom stereocenters. The standard InChI is InChI=1S/C4H10S8/c5-1-7-9-3-11-12-4-10-8-2-6/h5-6H,1-4H2. The van der Waals surface area contributed by atoms with Gasteiger partial charge in [-0.2, -0.15) is 25.3 Å². The lowest BCUT2D eigenvalue weighted by molar-refractivity contribution is 2.30. The molecule has 0 aromatic rings. The van der Waals surface area contributed by atoms with Gasteiger partial charge in [-0.1, -0.05) is 64.8 Å². The predicted octanol–water partition coefficient (Wildman–Crippen LogP) is 4.82. The van der Waals surface area contributed by atoms with Crippen LogP contribution < -0.4 is 0 Å². The van der Waals surface area contributed by atoms with Gasteiger partial charge in [0.25, 0.3) is 0 Å². The molecule has 0 N–H and O–H groups in total. The molecule has 0 saturated carbocycles. The lowest BCUT2D eigenvalue weighted by Gasteiger charge is -1.98. The average Bonchev–Trinajstić information content (AvgIpc) is 2.10. The van der Waals surface area contributed by atoms with Gasteiger partial charge in [0.1, 0.15) is 0 Å². The van der Waals surface area contributed by atoms with E-state index in [2.05, 4.69) is 25.3 Å². The van der Waals surface area contributed by atoms with Crippen molar-refractivity contribution in [3.05, 3.63) is 0 Å². The van der Waals surface area contributed by atoms with Crippen molar-refractivity contribution >= 4 is 90.0 Å². The van der Waals surface area contributed by atoms with Crippen molar-refractivity contribution in [1.29, 1.82) is 0 Å². The van der Waals surface area contributed by atoms with E-state index in [1.807, 2.05) is 43.2 Å². The Labute approximate surface area is 109 Å². The summed E-state index contributed by atoms with van der Waals surface area (Å²) >= 11 is 8.20. The van der Waals surface area contributed by atoms with E-state index >= 15 is 0 Å². The summed E-state index contributed by atoms with van der Waals surface area (Å²) in [6, 6.07) is 0. The second kappa shape index (κ2) is 13.8. The molecule has 0 aliphatic rings. The summed E-state index contributed by atoms with van der Waals surface area (Å²) in [5, 5.41) is 4.09. The summed E-state index contributed by atoms with van der Waals surface area (Å²) in [6.07, 6.45) is 0. The van der Waals surface area contributed by atoms with Crippen molar-refractivity contribution in [2.24, 2.45) is 0 Å². The van der Waals surface area contributed by atoms with E-state index in [0.717, 1.165) is 20.3 Å². The molecule has 0 nitrogen and oxygen atoms in total. The van der Waals surface area contributed by atoms with Crippen LogP contribution in [0, 0.1) is 0 Å². The van der Waals surface area contributed by atoms with Crippen LogP contribution >= 0.6 is 90.0 Å². The number of hydrogen-bond acceptors (Lipinski definition) is 8. The normalized spacial score (nSPS) is 10.5. The van der Waals surface area contributed by atoms with E-state index < -0.39 is 0 Å². The van der Waals surface area contributed by atoms with Crippen LogP contribution in [0.25, 0.3) is 0 Å². The first-order valence-corrected chi connectivity index (χ1v) is 11.6. The zero-order chi connectivity index (χ0) is 9.07. The van der Waals surface area contributed by atoms with Gasteiger partial charge < -0.3 is 0 Å². The second-order valence-corrected chi connectivity index (χ2v) is 10.8. The van der Waals surface area contributed by atoms with Gasteiger partial charge in [-0.25, -0.2) is 0 Å². The average molecular weight is 315 g/mol. The molecule has 0 aromatic heterocycles. The van der Waals surface area contributed by atoms with E-state index in [0.29, 0.717) is 0 Å². The maximum atomic E-state index is 4.10. The molecule has 0 amide bonds. The molecule has 0 fully saturated rings. The van der Waals surface area contributed by atoms with Gasteiger partial charge >= 0.3 is 0 Å². The smallest absolute Gasteiger partial charge is 0.0600 e. The molecule has 0 aliphatic heterocycles. The third kappa shape index (κ3) is 12.8. The van der Waals surface area contributed by atoms with Crippen LogP contribution in [0.5, 0.6) is 0 Å². The van der Waals surface area contributed by atoms with Crippen LogP contribution in [0.2, 0.25) is 0 Å². The Hall–Kier alpha value is 2.80. The van der Waals surface area contributed by atoms with E-state index in [9.17, 15) is 0 Å². The zero-order valence-corrected chi connectivity index (χ0v) is 12.9. The maximum absolute atomic E-state index is 4.10. The minimum Gasteiger partial charge on any atom is -0.167 e. The lowest BCUT2D eigenvalue weighted by Crippen LogP contribution is -1.64. The minimum atomic E-state index is 0.903. The highest BCUT2D eigenvalue weighted by molar-refractivity contribution is 8.88. The number of rotatable bonds is 9. The first kappa shape index (κ1) is 14.8. The molecule has 0 saturated heterocycles. The fourth-order valence-corrected chi connectivity index (χ4v) is 8.87. The monoisotopic (exact) mass is 314 g/mol. The van der Waals surface area contributed by atoms with E-state index in [1.54, 1.807) is 21.6 Å². The molecule has 0 unspecified atom stereocenters. The molecule has 12 heavy (non-hydrogen) atoms. The Morgan fingerprint density at radius 2 is 0.917 bits per heavy atom. The quantitative estimate of drug-likeness (QED) is 0.269. The third-order valence-corrected chi connectivity index (χ3v) is 10.3. The molecule has 0 heterocycles. The Morgan fingerprint density at radius 3 is 1.25 bits per heavy atom. The Balaban J connectivity index is 2.73. The predicted molar refractivity (Wildman–Crippen MR) is 83.0 cm³/mol. The summed E-state index contributed by atoms with van der Waals surface area (Å²) < 4.78 is 0. The van der Waals surface area contributed by atoms with Crippen LogP contribution in [0.3, 0.4) is 0 Å². The maximum Gasteiger partial charge on any atom is 0.0600 e. The van der Waals surface area contributed by atoms with Crippen LogP contribution in [0.1, 0.15) is 0 Å². The molecule has 8 heteroatoms. The summed E-state index contributed by atoms with van der Waals surface area (Å²) in [5.41, 5.74) is 0. The fourth-order valence-electron chi connectivity index (χ4n) is 0.250. The van der Waals surface area contributed by atoms with Gasteiger partial charge in [0.2, 0.25) is 0 Å². The Kier molecular flexibility index (Phi) is 17.0. The van der Waals surface area contributed by atoms with Crippen molar-refractivity contribution < 1.29 is 0 Å². The van der Waals surface area contributed by atoms with Crippen molar-refractivity contribution in [2.45, 2.75) is 0 Å². The summed E-state index contributed by atoms with van der Waals surface area (Å²) in [6.45, 7) is 0.